The molecule has 0 aliphatic carbocycles. The molecule has 0 saturated carbocycles. The van der Waals surface area contributed by atoms with Crippen molar-refractivity contribution >= 4 is 15.9 Å². The fourth-order valence-electron chi connectivity index (χ4n) is 1.23. The Balaban J connectivity index is 2.74. The van der Waals surface area contributed by atoms with Gasteiger partial charge in [0.15, 0.2) is 0 Å². The van der Waals surface area contributed by atoms with E-state index in [1.165, 1.54) is 0 Å². The zero-order valence-corrected chi connectivity index (χ0v) is 9.59. The maximum Gasteiger partial charge on any atom is 0.302 e. The summed E-state index contributed by atoms with van der Waals surface area (Å²) < 4.78 is 33.0. The molecule has 0 unspecified atom stereocenters. The predicted molar refractivity (Wildman–Crippen MR) is 59.4 cm³/mol. The summed E-state index contributed by atoms with van der Waals surface area (Å²) in [6.07, 6.45) is 0.209. The van der Waals surface area contributed by atoms with Crippen LogP contribution in [0.15, 0.2) is 24.3 Å². The van der Waals surface area contributed by atoms with Crippen molar-refractivity contribution in [3.05, 3.63) is 29.8 Å². The zero-order chi connectivity index (χ0) is 11.5. The number of halogens is 1. The summed E-state index contributed by atoms with van der Waals surface area (Å²) >= 11 is 0. The quantitative estimate of drug-likeness (QED) is 0.738. The first-order chi connectivity index (χ1) is 6.88. The Kier molecular flexibility index (Phi) is 3.68. The number of anilines is 1. The Morgan fingerprint density at radius 1 is 1.33 bits per heavy atom. The predicted octanol–water partition coefficient (Wildman–Crippen LogP) is 1.59. The number of benzene rings is 1. The molecule has 0 amide bonds. The molecule has 0 N–H and O–H groups in total. The molecule has 1 rings (SSSR count). The van der Waals surface area contributed by atoms with Crippen molar-refractivity contribution in [2.75, 3.05) is 24.7 Å². The van der Waals surface area contributed by atoms with Gasteiger partial charge in [0.2, 0.25) is 0 Å². The monoisotopic (exact) mass is 231 g/mol. The van der Waals surface area contributed by atoms with Crippen LogP contribution in [0.1, 0.15) is 5.56 Å². The molecule has 84 valence electrons. The molecular formula is C10H14FNO2S. The second kappa shape index (κ2) is 4.61. The zero-order valence-electron chi connectivity index (χ0n) is 8.77. The molecule has 5 heteroatoms. The van der Waals surface area contributed by atoms with Crippen LogP contribution in [0.25, 0.3) is 0 Å². The van der Waals surface area contributed by atoms with Crippen LogP contribution in [-0.2, 0) is 16.6 Å². The average molecular weight is 231 g/mol. The highest BCUT2D eigenvalue weighted by molar-refractivity contribution is 7.86. The summed E-state index contributed by atoms with van der Waals surface area (Å²) in [5.74, 6) is -0.454. The number of hydrogen-bond donors (Lipinski definition) is 0. The maximum atomic E-state index is 12.3. The molecular weight excluding hydrogens is 217 g/mol. The Labute approximate surface area is 89.7 Å². The highest BCUT2D eigenvalue weighted by Gasteiger charge is 2.07. The lowest BCUT2D eigenvalue weighted by molar-refractivity contribution is 0.551. The van der Waals surface area contributed by atoms with E-state index in [2.05, 4.69) is 0 Å². The van der Waals surface area contributed by atoms with Crippen LogP contribution in [0.3, 0.4) is 0 Å². The third-order valence-corrected chi connectivity index (χ3v) is 2.75. The minimum Gasteiger partial charge on any atom is -0.378 e. The van der Waals surface area contributed by atoms with Crippen LogP contribution >= 0.6 is 0 Å². The Morgan fingerprint density at radius 3 is 2.53 bits per heavy atom. The lowest BCUT2D eigenvalue weighted by atomic mass is 10.1. The summed E-state index contributed by atoms with van der Waals surface area (Å²) in [6, 6.07) is 7.38. The van der Waals surface area contributed by atoms with Crippen molar-refractivity contribution in [3.8, 4) is 0 Å². The van der Waals surface area contributed by atoms with Crippen LogP contribution in [0.4, 0.5) is 9.57 Å². The van der Waals surface area contributed by atoms with E-state index in [1.807, 2.05) is 37.2 Å². The average Bonchev–Trinajstić information content (AvgIpc) is 2.14. The standard InChI is InChI=1S/C10H14FNO2S/c1-12(2)10-5-3-4-9(8-10)6-7-15(11,13)14/h3-5,8H,6-7H2,1-2H3. The molecule has 1 aromatic rings. The van der Waals surface area contributed by atoms with E-state index in [-0.39, 0.29) is 6.42 Å². The second-order valence-corrected chi connectivity index (χ2v) is 5.04. The molecule has 0 aliphatic heterocycles. The van der Waals surface area contributed by atoms with E-state index in [9.17, 15) is 12.3 Å². The highest BCUT2D eigenvalue weighted by atomic mass is 32.3. The third kappa shape index (κ3) is 4.29. The smallest absolute Gasteiger partial charge is 0.302 e. The van der Waals surface area contributed by atoms with Gasteiger partial charge in [-0.3, -0.25) is 0 Å². The van der Waals surface area contributed by atoms with Gasteiger partial charge >= 0.3 is 10.2 Å². The van der Waals surface area contributed by atoms with Crippen molar-refractivity contribution in [3.63, 3.8) is 0 Å². The van der Waals surface area contributed by atoms with E-state index in [4.69, 9.17) is 0 Å². The lowest BCUT2D eigenvalue weighted by Gasteiger charge is -2.13. The fraction of sp³-hybridized carbons (Fsp3) is 0.400. The first-order valence-corrected chi connectivity index (χ1v) is 6.12. The highest BCUT2D eigenvalue weighted by Crippen LogP contribution is 2.14. The largest absolute Gasteiger partial charge is 0.378 e. The summed E-state index contributed by atoms with van der Waals surface area (Å²) in [5, 5.41) is 0. The minimum atomic E-state index is -4.37. The Hall–Kier alpha value is -1.10. The van der Waals surface area contributed by atoms with Crippen LogP contribution in [0.2, 0.25) is 0 Å². The lowest BCUT2D eigenvalue weighted by Crippen LogP contribution is -2.09. The van der Waals surface area contributed by atoms with Gasteiger partial charge in [0.25, 0.3) is 0 Å². The van der Waals surface area contributed by atoms with E-state index in [1.54, 1.807) is 6.07 Å². The van der Waals surface area contributed by atoms with Gasteiger partial charge in [0, 0.05) is 19.8 Å². The van der Waals surface area contributed by atoms with E-state index >= 15 is 0 Å². The molecule has 0 saturated heterocycles. The topological polar surface area (TPSA) is 37.4 Å². The number of rotatable bonds is 4. The normalized spacial score (nSPS) is 11.4. The van der Waals surface area contributed by atoms with Crippen LogP contribution in [-0.4, -0.2) is 28.3 Å². The number of hydrogen-bond acceptors (Lipinski definition) is 3. The van der Waals surface area contributed by atoms with Gasteiger partial charge in [-0.05, 0) is 24.1 Å². The van der Waals surface area contributed by atoms with Crippen LogP contribution in [0, 0.1) is 0 Å². The summed E-state index contributed by atoms with van der Waals surface area (Å²) in [7, 11) is -0.581. The van der Waals surface area contributed by atoms with Crippen molar-refractivity contribution in [1.29, 1.82) is 0 Å². The number of aryl methyl sites for hydroxylation is 1. The molecule has 0 spiro atoms. The molecule has 0 fully saturated rings. The second-order valence-electron chi connectivity index (χ2n) is 3.56. The van der Waals surface area contributed by atoms with Crippen molar-refractivity contribution in [2.45, 2.75) is 6.42 Å². The molecule has 3 nitrogen and oxygen atoms in total. The molecule has 1 aromatic carbocycles. The summed E-state index contributed by atoms with van der Waals surface area (Å²) in [6.45, 7) is 0. The summed E-state index contributed by atoms with van der Waals surface area (Å²) in [5.41, 5.74) is 1.80. The van der Waals surface area contributed by atoms with Gasteiger partial charge in [-0.1, -0.05) is 12.1 Å². The van der Waals surface area contributed by atoms with Crippen molar-refractivity contribution in [1.82, 2.24) is 0 Å². The number of nitrogens with zero attached hydrogens (tertiary/aromatic N) is 1. The van der Waals surface area contributed by atoms with E-state index < -0.39 is 16.0 Å². The molecule has 0 aliphatic rings. The maximum absolute atomic E-state index is 12.3. The third-order valence-electron chi connectivity index (χ3n) is 2.06. The Bertz CT molecular complexity index is 429. The molecule has 0 bridgehead atoms. The van der Waals surface area contributed by atoms with Gasteiger partial charge < -0.3 is 4.90 Å². The molecule has 0 atom stereocenters. The van der Waals surface area contributed by atoms with Gasteiger partial charge in [-0.2, -0.15) is 8.42 Å². The molecule has 0 radical (unpaired) electrons. The first-order valence-electron chi connectivity index (χ1n) is 4.57. The van der Waals surface area contributed by atoms with Crippen molar-refractivity contribution in [2.24, 2.45) is 0 Å². The van der Waals surface area contributed by atoms with Crippen LogP contribution in [0.5, 0.6) is 0 Å². The van der Waals surface area contributed by atoms with Gasteiger partial charge in [-0.25, -0.2) is 0 Å². The Morgan fingerprint density at radius 2 is 2.00 bits per heavy atom. The van der Waals surface area contributed by atoms with Crippen LogP contribution < -0.4 is 4.90 Å². The molecule has 0 aromatic heterocycles. The van der Waals surface area contributed by atoms with Gasteiger partial charge in [-0.15, -0.1) is 3.89 Å². The van der Waals surface area contributed by atoms with Gasteiger partial charge in [0.05, 0.1) is 5.75 Å². The molecule has 0 heterocycles. The SMILES string of the molecule is CN(C)c1cccc(CCS(=O)(=O)F)c1. The fourth-order valence-corrected chi connectivity index (χ4v) is 1.71. The van der Waals surface area contributed by atoms with E-state index in [0.717, 1.165) is 11.3 Å². The van der Waals surface area contributed by atoms with Gasteiger partial charge in [0.1, 0.15) is 0 Å². The van der Waals surface area contributed by atoms with Crippen molar-refractivity contribution < 1.29 is 12.3 Å². The molecule has 15 heavy (non-hydrogen) atoms. The minimum absolute atomic E-state index is 0.209. The van der Waals surface area contributed by atoms with E-state index in [0.29, 0.717) is 0 Å². The first kappa shape index (κ1) is 12.0. The summed E-state index contributed by atoms with van der Waals surface area (Å²) in [4.78, 5) is 1.91.